The fraction of sp³-hybridized carbons (Fsp3) is 0.250. The lowest BCUT2D eigenvalue weighted by Gasteiger charge is -1.99. The van der Waals surface area contributed by atoms with Crippen molar-refractivity contribution in [2.24, 2.45) is 4.99 Å². The molecule has 3 rings (SSSR count). The summed E-state index contributed by atoms with van der Waals surface area (Å²) in [5.74, 6) is 0. The Morgan fingerprint density at radius 1 is 0.889 bits per heavy atom. The molecule has 1 aliphatic heterocycles. The van der Waals surface area contributed by atoms with E-state index in [-0.39, 0.29) is 6.04 Å². The summed E-state index contributed by atoms with van der Waals surface area (Å²) >= 11 is 0. The summed E-state index contributed by atoms with van der Waals surface area (Å²) in [5.41, 5.74) is 4.46. The third-order valence-electron chi connectivity index (χ3n) is 2.72. The summed E-state index contributed by atoms with van der Waals surface area (Å²) in [6.45, 7) is 6.01. The van der Waals surface area contributed by atoms with E-state index in [9.17, 15) is 0 Å². The molecule has 2 heterocycles. The normalized spacial score (nSPS) is 16.4. The van der Waals surface area contributed by atoms with Crippen LogP contribution in [-0.4, -0.2) is 10.7 Å². The number of nitrogens with zero attached hydrogens (tertiary/aromatic N) is 2. The van der Waals surface area contributed by atoms with Gasteiger partial charge in [-0.3, -0.25) is 9.98 Å². The Balaban J connectivity index is 0.000000574. The Bertz CT molecular complexity index is 544. The van der Waals surface area contributed by atoms with Crippen molar-refractivity contribution in [2.75, 3.05) is 0 Å². The van der Waals surface area contributed by atoms with E-state index in [2.05, 4.69) is 22.1 Å². The zero-order valence-electron chi connectivity index (χ0n) is 11.1. The van der Waals surface area contributed by atoms with Gasteiger partial charge in [0.25, 0.3) is 0 Å². The van der Waals surface area contributed by atoms with E-state index >= 15 is 0 Å². The zero-order valence-corrected chi connectivity index (χ0v) is 11.1. The predicted molar refractivity (Wildman–Crippen MR) is 76.0 cm³/mol. The summed E-state index contributed by atoms with van der Waals surface area (Å²) in [6.07, 6.45) is 0. The molecule has 0 saturated carbocycles. The second-order valence-corrected chi connectivity index (χ2v) is 3.99. The first-order chi connectivity index (χ1) is 8.84. The number of rotatable bonds is 2. The number of pyridine rings is 1. The second kappa shape index (κ2) is 5.58. The van der Waals surface area contributed by atoms with Gasteiger partial charge < -0.3 is 0 Å². The number of aliphatic imine (C=N–C) groups is 1. The minimum absolute atomic E-state index is 0.183. The molecule has 0 spiro atoms. The van der Waals surface area contributed by atoms with Crippen LogP contribution in [0.3, 0.4) is 0 Å². The molecule has 2 aromatic rings. The summed E-state index contributed by atoms with van der Waals surface area (Å²) in [4.78, 5) is 8.99. The fourth-order valence-electron chi connectivity index (χ4n) is 1.87. The molecular formula is C16H18N2. The Morgan fingerprint density at radius 2 is 1.61 bits per heavy atom. The van der Waals surface area contributed by atoms with E-state index in [4.69, 9.17) is 0 Å². The van der Waals surface area contributed by atoms with Crippen LogP contribution in [-0.2, 0) is 0 Å². The first-order valence-electron chi connectivity index (χ1n) is 6.41. The lowest BCUT2D eigenvalue weighted by atomic mass is 10.1. The van der Waals surface area contributed by atoms with Gasteiger partial charge in [0, 0.05) is 5.69 Å². The maximum Gasteiger partial charge on any atom is 0.134 e. The highest BCUT2D eigenvalue weighted by atomic mass is 15.0. The topological polar surface area (TPSA) is 25.2 Å². The molecule has 1 aliphatic rings. The first kappa shape index (κ1) is 12.5. The van der Waals surface area contributed by atoms with Crippen molar-refractivity contribution in [3.63, 3.8) is 0 Å². The van der Waals surface area contributed by atoms with Gasteiger partial charge in [-0.25, -0.2) is 0 Å². The molecule has 1 aromatic carbocycles. The minimum atomic E-state index is 0.183. The molecule has 18 heavy (non-hydrogen) atoms. The van der Waals surface area contributed by atoms with E-state index in [0.29, 0.717) is 0 Å². The molecule has 0 aliphatic carbocycles. The highest BCUT2D eigenvalue weighted by Gasteiger charge is 2.31. The van der Waals surface area contributed by atoms with Crippen LogP contribution in [0.15, 0.2) is 53.5 Å². The molecule has 2 nitrogen and oxygen atoms in total. The van der Waals surface area contributed by atoms with Gasteiger partial charge in [-0.1, -0.05) is 50.2 Å². The molecular weight excluding hydrogens is 220 g/mol. The van der Waals surface area contributed by atoms with Crippen molar-refractivity contribution in [3.05, 3.63) is 65.5 Å². The maximum absolute atomic E-state index is 4.50. The van der Waals surface area contributed by atoms with Crippen LogP contribution in [0.1, 0.15) is 36.8 Å². The number of hydrogen-bond donors (Lipinski definition) is 0. The Kier molecular flexibility index (Phi) is 3.88. The molecule has 0 radical (unpaired) electrons. The van der Waals surface area contributed by atoms with Crippen LogP contribution >= 0.6 is 0 Å². The number of benzene rings is 1. The molecule has 0 saturated heterocycles. The average molecular weight is 238 g/mol. The molecule has 92 valence electrons. The van der Waals surface area contributed by atoms with Gasteiger partial charge in [0.15, 0.2) is 0 Å². The van der Waals surface area contributed by atoms with Crippen molar-refractivity contribution in [1.82, 2.24) is 4.98 Å². The van der Waals surface area contributed by atoms with E-state index in [1.54, 1.807) is 0 Å². The zero-order chi connectivity index (χ0) is 13.0. The third-order valence-corrected chi connectivity index (χ3v) is 2.72. The van der Waals surface area contributed by atoms with Gasteiger partial charge >= 0.3 is 0 Å². The molecule has 0 fully saturated rings. The smallest absolute Gasteiger partial charge is 0.134 e. The van der Waals surface area contributed by atoms with E-state index < -0.39 is 0 Å². The highest BCUT2D eigenvalue weighted by Crippen LogP contribution is 2.33. The predicted octanol–water partition coefficient (Wildman–Crippen LogP) is 3.96. The van der Waals surface area contributed by atoms with Gasteiger partial charge in [0.05, 0.1) is 11.4 Å². The van der Waals surface area contributed by atoms with Gasteiger partial charge in [-0.15, -0.1) is 0 Å². The van der Waals surface area contributed by atoms with Crippen LogP contribution in [0.4, 0.5) is 0 Å². The van der Waals surface area contributed by atoms with Gasteiger partial charge in [-0.2, -0.15) is 0 Å². The van der Waals surface area contributed by atoms with E-state index in [1.807, 2.05) is 57.2 Å². The van der Waals surface area contributed by atoms with Crippen molar-refractivity contribution in [2.45, 2.75) is 26.8 Å². The fourth-order valence-corrected chi connectivity index (χ4v) is 1.87. The summed E-state index contributed by atoms with van der Waals surface area (Å²) < 4.78 is 0. The van der Waals surface area contributed by atoms with Crippen LogP contribution in [0.5, 0.6) is 0 Å². The quantitative estimate of drug-likeness (QED) is 0.777. The molecule has 1 atom stereocenters. The van der Waals surface area contributed by atoms with Crippen molar-refractivity contribution in [3.8, 4) is 0 Å². The maximum atomic E-state index is 4.50. The van der Waals surface area contributed by atoms with E-state index in [1.165, 1.54) is 5.56 Å². The molecule has 1 unspecified atom stereocenters. The average Bonchev–Trinajstić information content (AvgIpc) is 3.22. The van der Waals surface area contributed by atoms with E-state index in [0.717, 1.165) is 17.1 Å². The van der Waals surface area contributed by atoms with Gasteiger partial charge in [-0.05, 0) is 24.6 Å². The lowest BCUT2D eigenvalue weighted by Crippen LogP contribution is -1.96. The Morgan fingerprint density at radius 3 is 2.28 bits per heavy atom. The van der Waals surface area contributed by atoms with Crippen LogP contribution in [0.2, 0.25) is 0 Å². The minimum Gasteiger partial charge on any atom is -0.270 e. The number of aryl methyl sites for hydroxylation is 1. The Hall–Kier alpha value is -1.96. The Labute approximate surface area is 108 Å². The molecule has 0 N–H and O–H groups in total. The van der Waals surface area contributed by atoms with Crippen LogP contribution < -0.4 is 0 Å². The standard InChI is InChI=1S/C14H12N2.C2H6/c1-10-6-5-9-12(15-10)14-13(16-14)11-7-3-2-4-8-11;1-2/h2-9,14H,1H3;1-2H3. The molecule has 1 aromatic heterocycles. The molecule has 2 heteroatoms. The van der Waals surface area contributed by atoms with Crippen molar-refractivity contribution < 1.29 is 0 Å². The summed E-state index contributed by atoms with van der Waals surface area (Å²) in [6, 6.07) is 16.5. The van der Waals surface area contributed by atoms with Crippen LogP contribution in [0.25, 0.3) is 0 Å². The van der Waals surface area contributed by atoms with Gasteiger partial charge in [0.2, 0.25) is 0 Å². The molecule has 0 amide bonds. The number of hydrogen-bond acceptors (Lipinski definition) is 2. The molecule has 0 bridgehead atoms. The first-order valence-corrected chi connectivity index (χ1v) is 6.41. The van der Waals surface area contributed by atoms with Gasteiger partial charge in [0.1, 0.15) is 6.04 Å². The summed E-state index contributed by atoms with van der Waals surface area (Å²) in [7, 11) is 0. The number of aromatic nitrogens is 1. The van der Waals surface area contributed by atoms with Crippen molar-refractivity contribution in [1.29, 1.82) is 0 Å². The largest absolute Gasteiger partial charge is 0.270 e. The SMILES string of the molecule is CC.Cc1cccc(C2N=C2c2ccccc2)n1. The van der Waals surface area contributed by atoms with Crippen molar-refractivity contribution >= 4 is 5.71 Å². The van der Waals surface area contributed by atoms with Crippen LogP contribution in [0, 0.1) is 6.92 Å². The third kappa shape index (κ3) is 2.65. The summed E-state index contributed by atoms with van der Waals surface area (Å²) in [5, 5.41) is 0. The lowest BCUT2D eigenvalue weighted by molar-refractivity contribution is 1.000. The highest BCUT2D eigenvalue weighted by molar-refractivity contribution is 6.13. The monoisotopic (exact) mass is 238 g/mol. The second-order valence-electron chi connectivity index (χ2n) is 3.99.